The number of pyridine rings is 1. The second-order valence-electron chi connectivity index (χ2n) is 6.40. The Hall–Kier alpha value is -2.68. The van der Waals surface area contributed by atoms with Gasteiger partial charge in [-0.2, -0.15) is 0 Å². The Labute approximate surface area is 141 Å². The molecule has 0 amide bonds. The van der Waals surface area contributed by atoms with Gasteiger partial charge < -0.3 is 25.0 Å². The topological polar surface area (TPSA) is 97.8 Å². The zero-order valence-corrected chi connectivity index (χ0v) is 13.7. The second kappa shape index (κ2) is 5.69. The van der Waals surface area contributed by atoms with Crippen molar-refractivity contribution < 1.29 is 23.4 Å². The number of ether oxygens (including phenoxy) is 1. The van der Waals surface area contributed by atoms with Crippen LogP contribution in [0.2, 0.25) is 0 Å². The molecule has 9 heteroatoms. The third-order valence-electron chi connectivity index (χ3n) is 4.16. The number of aromatic nitrogens is 1. The van der Waals surface area contributed by atoms with Gasteiger partial charge in [-0.3, -0.25) is 4.79 Å². The van der Waals surface area contributed by atoms with Gasteiger partial charge in [0, 0.05) is 25.2 Å². The van der Waals surface area contributed by atoms with Crippen LogP contribution >= 0.6 is 0 Å². The number of hydrogen-bond donors (Lipinski definition) is 2. The van der Waals surface area contributed by atoms with Crippen molar-refractivity contribution in [2.24, 2.45) is 5.73 Å². The number of nitrogens with two attached hydrogens (primary N) is 1. The normalized spacial score (nSPS) is 16.0. The maximum absolute atomic E-state index is 15.0. The van der Waals surface area contributed by atoms with E-state index in [2.05, 4.69) is 4.74 Å². The van der Waals surface area contributed by atoms with Crippen molar-refractivity contribution in [1.82, 2.24) is 4.57 Å². The molecular weight excluding hydrogens is 336 g/mol. The number of carbonyl (C=O) groups is 1. The summed E-state index contributed by atoms with van der Waals surface area (Å²) in [5.41, 5.74) is 4.12. The van der Waals surface area contributed by atoms with E-state index < -0.39 is 34.5 Å². The Morgan fingerprint density at radius 1 is 1.44 bits per heavy atom. The predicted octanol–water partition coefficient (Wildman–Crippen LogP) is 1.89. The van der Waals surface area contributed by atoms with Gasteiger partial charge in [0.1, 0.15) is 11.5 Å². The Bertz CT molecular complexity index is 931. The number of aryl methyl sites for hydroxylation is 1. The summed E-state index contributed by atoms with van der Waals surface area (Å²) < 4.78 is 35.3. The Kier molecular flexibility index (Phi) is 3.91. The number of nitrogens with zero attached hydrogens (tertiary/aromatic N) is 2. The van der Waals surface area contributed by atoms with Crippen LogP contribution in [0.4, 0.5) is 19.3 Å². The van der Waals surface area contributed by atoms with E-state index >= 15 is 4.39 Å². The van der Waals surface area contributed by atoms with E-state index in [0.29, 0.717) is 0 Å². The minimum absolute atomic E-state index is 0.104. The summed E-state index contributed by atoms with van der Waals surface area (Å²) in [4.78, 5) is 24.5. The summed E-state index contributed by atoms with van der Waals surface area (Å²) in [7, 11) is 0. The molecule has 1 aromatic carbocycles. The van der Waals surface area contributed by atoms with Crippen LogP contribution in [0.5, 0.6) is 5.75 Å². The van der Waals surface area contributed by atoms with Crippen molar-refractivity contribution in [3.05, 3.63) is 34.1 Å². The molecule has 134 valence electrons. The molecule has 25 heavy (non-hydrogen) atoms. The van der Waals surface area contributed by atoms with Crippen molar-refractivity contribution in [1.29, 1.82) is 0 Å². The average molecular weight is 353 g/mol. The first kappa shape index (κ1) is 17.2. The first-order valence-electron chi connectivity index (χ1n) is 7.64. The third-order valence-corrected chi connectivity index (χ3v) is 4.16. The zero-order chi connectivity index (χ0) is 18.5. The lowest BCUT2D eigenvalue weighted by molar-refractivity contribution is 0.144. The van der Waals surface area contributed by atoms with E-state index in [9.17, 15) is 14.0 Å². The van der Waals surface area contributed by atoms with Crippen LogP contribution in [0.15, 0.2) is 17.1 Å². The van der Waals surface area contributed by atoms with E-state index in [-0.39, 0.29) is 36.2 Å². The molecule has 1 saturated heterocycles. The second-order valence-corrected chi connectivity index (χ2v) is 6.40. The van der Waals surface area contributed by atoms with E-state index in [1.54, 1.807) is 13.8 Å². The number of halogens is 2. The van der Waals surface area contributed by atoms with Gasteiger partial charge in [0.15, 0.2) is 11.6 Å². The van der Waals surface area contributed by atoms with Crippen LogP contribution in [0.3, 0.4) is 0 Å². The highest BCUT2D eigenvalue weighted by atomic mass is 19.1. The first-order chi connectivity index (χ1) is 11.6. The van der Waals surface area contributed by atoms with Crippen molar-refractivity contribution in [3.8, 4) is 5.75 Å². The first-order valence-corrected chi connectivity index (χ1v) is 7.64. The van der Waals surface area contributed by atoms with Gasteiger partial charge in [0.05, 0.1) is 17.1 Å². The number of benzene rings is 1. The van der Waals surface area contributed by atoms with Crippen LogP contribution in [0.25, 0.3) is 10.9 Å². The molecule has 0 bridgehead atoms. The lowest BCUT2D eigenvalue weighted by Gasteiger charge is -2.47. The van der Waals surface area contributed by atoms with Crippen LogP contribution in [0.1, 0.15) is 13.8 Å². The average Bonchev–Trinajstić information content (AvgIpc) is 2.48. The van der Waals surface area contributed by atoms with Crippen LogP contribution < -0.4 is 20.8 Å². The van der Waals surface area contributed by atoms with Crippen LogP contribution in [-0.2, 0) is 6.54 Å². The molecule has 1 fully saturated rings. The van der Waals surface area contributed by atoms with Gasteiger partial charge >= 0.3 is 6.16 Å². The number of rotatable bonds is 3. The fourth-order valence-electron chi connectivity index (χ4n) is 3.14. The molecule has 7 nitrogen and oxygen atoms in total. The summed E-state index contributed by atoms with van der Waals surface area (Å²) in [6, 6.07) is 0.906. The molecule has 2 heterocycles. The van der Waals surface area contributed by atoms with E-state index in [1.807, 2.05) is 0 Å². The number of fused-ring (bicyclic) bond motifs is 1. The molecule has 0 spiro atoms. The lowest BCUT2D eigenvalue weighted by Crippen LogP contribution is -2.66. The number of hydrogen-bond acceptors (Lipinski definition) is 5. The third kappa shape index (κ3) is 2.80. The molecule has 2 aromatic rings. The molecule has 0 aliphatic carbocycles. The highest BCUT2D eigenvalue weighted by Gasteiger charge is 2.38. The van der Waals surface area contributed by atoms with Gasteiger partial charge in [0.2, 0.25) is 5.43 Å². The van der Waals surface area contributed by atoms with Crippen molar-refractivity contribution in [3.63, 3.8) is 0 Å². The summed E-state index contributed by atoms with van der Waals surface area (Å²) in [5.74, 6) is -2.30. The fraction of sp³-hybridized carbons (Fsp3) is 0.375. The highest BCUT2D eigenvalue weighted by molar-refractivity contribution is 5.86. The van der Waals surface area contributed by atoms with Gasteiger partial charge in [-0.05, 0) is 19.9 Å². The Morgan fingerprint density at radius 2 is 2.08 bits per heavy atom. The van der Waals surface area contributed by atoms with Crippen molar-refractivity contribution in [2.45, 2.75) is 25.9 Å². The number of carboxylic acid groups (broad SMARTS) is 1. The maximum Gasteiger partial charge on any atom is 0.511 e. The summed E-state index contributed by atoms with van der Waals surface area (Å²) in [5, 5.41) is 8.42. The van der Waals surface area contributed by atoms with E-state index in [1.165, 1.54) is 9.47 Å². The summed E-state index contributed by atoms with van der Waals surface area (Å²) in [6.45, 7) is 4.24. The lowest BCUT2D eigenvalue weighted by atomic mass is 9.92. The molecule has 3 N–H and O–H groups in total. The predicted molar refractivity (Wildman–Crippen MR) is 87.3 cm³/mol. The minimum atomic E-state index is -1.68. The Balaban J connectivity index is 2.25. The van der Waals surface area contributed by atoms with E-state index in [4.69, 9.17) is 10.8 Å². The van der Waals surface area contributed by atoms with Crippen molar-refractivity contribution in [2.75, 3.05) is 18.0 Å². The Morgan fingerprint density at radius 3 is 2.60 bits per heavy atom. The number of anilines is 1. The van der Waals surface area contributed by atoms with Crippen molar-refractivity contribution >= 4 is 22.7 Å². The van der Waals surface area contributed by atoms with Gasteiger partial charge in [-0.25, -0.2) is 13.6 Å². The van der Waals surface area contributed by atoms with Gasteiger partial charge in [-0.1, -0.05) is 0 Å². The van der Waals surface area contributed by atoms with Gasteiger partial charge in [-0.15, -0.1) is 0 Å². The standard InChI is InChI=1S/C16H17F2N3O4/c1-3-20-5-10(25-15(23)24)14(22)8-4-9(17)13(11(18)12(8)20)21-6-16(2,19)7-21/h4-5H,3,6-7,19H2,1-2H3,(H,23,24). The molecule has 0 saturated carbocycles. The molecule has 1 aliphatic rings. The molecule has 1 aromatic heterocycles. The van der Waals surface area contributed by atoms with Crippen LogP contribution in [-0.4, -0.2) is 34.5 Å². The zero-order valence-electron chi connectivity index (χ0n) is 13.7. The fourth-order valence-corrected chi connectivity index (χ4v) is 3.14. The molecular formula is C16H17F2N3O4. The monoisotopic (exact) mass is 353 g/mol. The molecule has 0 atom stereocenters. The highest BCUT2D eigenvalue weighted by Crippen LogP contribution is 2.35. The molecule has 0 unspecified atom stereocenters. The van der Waals surface area contributed by atoms with Gasteiger partial charge in [0.25, 0.3) is 0 Å². The quantitative estimate of drug-likeness (QED) is 0.818. The van der Waals surface area contributed by atoms with E-state index in [0.717, 1.165) is 12.3 Å². The maximum atomic E-state index is 15.0. The summed E-state index contributed by atoms with van der Waals surface area (Å²) in [6.07, 6.45) is -0.577. The molecule has 1 aliphatic heterocycles. The smallest absolute Gasteiger partial charge is 0.449 e. The molecule has 3 rings (SSSR count). The molecule has 0 radical (unpaired) electrons. The summed E-state index contributed by atoms with van der Waals surface area (Å²) >= 11 is 0. The minimum Gasteiger partial charge on any atom is -0.449 e. The largest absolute Gasteiger partial charge is 0.511 e. The SMILES string of the molecule is CCn1cc(OC(=O)O)c(=O)c2cc(F)c(N3CC(C)(N)C3)c(F)c21. The van der Waals surface area contributed by atoms with Crippen LogP contribution in [0, 0.1) is 11.6 Å².